The Labute approximate surface area is 135 Å². The highest BCUT2D eigenvalue weighted by molar-refractivity contribution is 5.72. The third kappa shape index (κ3) is 5.15. The van der Waals surface area contributed by atoms with E-state index < -0.39 is 0 Å². The van der Waals surface area contributed by atoms with E-state index in [0.717, 1.165) is 12.3 Å². The van der Waals surface area contributed by atoms with Crippen molar-refractivity contribution in [2.45, 2.75) is 77.6 Å². The molecule has 0 bridgehead atoms. The Morgan fingerprint density at radius 1 is 1.05 bits per heavy atom. The Bertz CT molecular complexity index is 441. The number of carbonyl (C=O) groups excluding carboxylic acids is 1. The molecule has 0 aliphatic heterocycles. The van der Waals surface area contributed by atoms with Crippen molar-refractivity contribution in [3.8, 4) is 5.75 Å². The van der Waals surface area contributed by atoms with Gasteiger partial charge >= 0.3 is 5.97 Å². The molecule has 0 spiro atoms. The van der Waals surface area contributed by atoms with Gasteiger partial charge in [-0.2, -0.15) is 0 Å². The number of hydrogen-bond donors (Lipinski definition) is 0. The normalized spacial score (nSPS) is 21.5. The number of esters is 1. The van der Waals surface area contributed by atoms with E-state index in [-0.39, 0.29) is 5.97 Å². The molecule has 0 atom stereocenters. The minimum absolute atomic E-state index is 0.133. The van der Waals surface area contributed by atoms with Gasteiger partial charge in [-0.05, 0) is 61.6 Å². The van der Waals surface area contributed by atoms with E-state index in [0.29, 0.717) is 18.1 Å². The monoisotopic (exact) mass is 302 g/mol. The zero-order valence-electron chi connectivity index (χ0n) is 14.1. The maximum atomic E-state index is 11.5. The van der Waals surface area contributed by atoms with Crippen molar-refractivity contribution in [3.05, 3.63) is 29.8 Å². The van der Waals surface area contributed by atoms with Crippen LogP contribution in [0.1, 0.15) is 83.1 Å². The highest BCUT2D eigenvalue weighted by Gasteiger charge is 2.21. The minimum atomic E-state index is -0.133. The van der Waals surface area contributed by atoms with Crippen molar-refractivity contribution in [3.63, 3.8) is 0 Å². The van der Waals surface area contributed by atoms with E-state index in [1.54, 1.807) is 0 Å². The molecular weight excluding hydrogens is 272 g/mol. The summed E-state index contributed by atoms with van der Waals surface area (Å²) in [6.07, 6.45) is 10.8. The van der Waals surface area contributed by atoms with Gasteiger partial charge in [-0.25, -0.2) is 0 Å². The minimum Gasteiger partial charge on any atom is -0.427 e. The fourth-order valence-corrected chi connectivity index (χ4v) is 3.47. The quantitative estimate of drug-likeness (QED) is 0.466. The van der Waals surface area contributed by atoms with Crippen molar-refractivity contribution < 1.29 is 9.53 Å². The van der Waals surface area contributed by atoms with Gasteiger partial charge in [-0.15, -0.1) is 0 Å². The molecule has 0 radical (unpaired) electrons. The average Bonchev–Trinajstić information content (AvgIpc) is 2.54. The molecule has 0 N–H and O–H groups in total. The average molecular weight is 302 g/mol. The number of ether oxygens (including phenoxy) is 1. The summed E-state index contributed by atoms with van der Waals surface area (Å²) in [5.41, 5.74) is 1.41. The van der Waals surface area contributed by atoms with Crippen LogP contribution < -0.4 is 4.74 Å². The van der Waals surface area contributed by atoms with Crippen LogP contribution >= 0.6 is 0 Å². The molecule has 1 aromatic rings. The van der Waals surface area contributed by atoms with Gasteiger partial charge in [0.1, 0.15) is 5.75 Å². The summed E-state index contributed by atoms with van der Waals surface area (Å²) in [4.78, 5) is 11.5. The van der Waals surface area contributed by atoms with E-state index in [1.165, 1.54) is 50.5 Å². The van der Waals surface area contributed by atoms with Crippen LogP contribution in [-0.2, 0) is 4.79 Å². The van der Waals surface area contributed by atoms with E-state index in [9.17, 15) is 4.79 Å². The molecular formula is C20H30O2. The molecule has 0 heterocycles. The van der Waals surface area contributed by atoms with Crippen molar-refractivity contribution in [2.75, 3.05) is 0 Å². The first kappa shape index (κ1) is 17.1. The number of rotatable bonds is 7. The molecule has 0 aromatic heterocycles. The fraction of sp³-hybridized carbons (Fsp3) is 0.650. The second-order valence-electron chi connectivity index (χ2n) is 6.65. The summed E-state index contributed by atoms with van der Waals surface area (Å²) in [6.45, 7) is 4.27. The molecule has 2 nitrogen and oxygen atoms in total. The molecule has 2 rings (SSSR count). The van der Waals surface area contributed by atoms with Crippen molar-refractivity contribution in [2.24, 2.45) is 5.92 Å². The lowest BCUT2D eigenvalue weighted by molar-refractivity contribution is -0.134. The molecule has 22 heavy (non-hydrogen) atoms. The standard InChI is InChI=1S/C20H30O2/c1-3-5-7-16-8-10-17(11-9-16)18-12-14-19(15-13-18)22-20(21)6-4-2/h12-17H,3-11H2,1-2H3. The first-order valence-corrected chi connectivity index (χ1v) is 9.03. The van der Waals surface area contributed by atoms with Crippen molar-refractivity contribution in [1.82, 2.24) is 0 Å². The topological polar surface area (TPSA) is 26.3 Å². The molecule has 0 amide bonds. The van der Waals surface area contributed by atoms with E-state index in [4.69, 9.17) is 4.74 Å². The molecule has 122 valence electrons. The molecule has 0 unspecified atom stereocenters. The molecule has 1 saturated carbocycles. The van der Waals surface area contributed by atoms with Crippen LogP contribution in [0.2, 0.25) is 0 Å². The summed E-state index contributed by atoms with van der Waals surface area (Å²) in [7, 11) is 0. The third-order valence-corrected chi connectivity index (χ3v) is 4.85. The van der Waals surface area contributed by atoms with Crippen LogP contribution in [0.25, 0.3) is 0 Å². The van der Waals surface area contributed by atoms with Gasteiger partial charge in [0.05, 0.1) is 0 Å². The highest BCUT2D eigenvalue weighted by atomic mass is 16.5. The zero-order valence-corrected chi connectivity index (χ0v) is 14.1. The second-order valence-corrected chi connectivity index (χ2v) is 6.65. The van der Waals surface area contributed by atoms with Crippen LogP contribution in [0, 0.1) is 5.92 Å². The van der Waals surface area contributed by atoms with Crippen LogP contribution in [-0.4, -0.2) is 5.97 Å². The van der Waals surface area contributed by atoms with Crippen LogP contribution in [0.15, 0.2) is 24.3 Å². The largest absolute Gasteiger partial charge is 0.427 e. The summed E-state index contributed by atoms with van der Waals surface area (Å²) < 4.78 is 5.32. The summed E-state index contributed by atoms with van der Waals surface area (Å²) in [6, 6.07) is 8.19. The number of hydrogen-bond acceptors (Lipinski definition) is 2. The lowest BCUT2D eigenvalue weighted by Crippen LogP contribution is -2.13. The molecule has 1 aliphatic carbocycles. The second kappa shape index (κ2) is 8.97. The number of unbranched alkanes of at least 4 members (excludes halogenated alkanes) is 1. The molecule has 1 aromatic carbocycles. The molecule has 1 fully saturated rings. The third-order valence-electron chi connectivity index (χ3n) is 4.85. The Kier molecular flexibility index (Phi) is 6.95. The molecule has 1 aliphatic rings. The van der Waals surface area contributed by atoms with Gasteiger partial charge in [0, 0.05) is 6.42 Å². The van der Waals surface area contributed by atoms with Gasteiger partial charge in [0.25, 0.3) is 0 Å². The maximum Gasteiger partial charge on any atom is 0.311 e. The first-order valence-electron chi connectivity index (χ1n) is 9.03. The summed E-state index contributed by atoms with van der Waals surface area (Å²) >= 11 is 0. The van der Waals surface area contributed by atoms with Gasteiger partial charge < -0.3 is 4.74 Å². The first-order chi connectivity index (χ1) is 10.7. The summed E-state index contributed by atoms with van der Waals surface area (Å²) in [5, 5.41) is 0. The van der Waals surface area contributed by atoms with E-state index in [1.807, 2.05) is 19.1 Å². The lowest BCUT2D eigenvalue weighted by Gasteiger charge is -2.28. The summed E-state index contributed by atoms with van der Waals surface area (Å²) in [5.74, 6) is 2.19. The maximum absolute atomic E-state index is 11.5. The van der Waals surface area contributed by atoms with Crippen LogP contribution in [0.5, 0.6) is 5.75 Å². The number of benzene rings is 1. The SMILES string of the molecule is CCCCC1CCC(c2ccc(OC(=O)CCC)cc2)CC1. The number of carbonyl (C=O) groups is 1. The van der Waals surface area contributed by atoms with E-state index in [2.05, 4.69) is 19.1 Å². The smallest absolute Gasteiger partial charge is 0.311 e. The van der Waals surface area contributed by atoms with Crippen LogP contribution in [0.3, 0.4) is 0 Å². The predicted octanol–water partition coefficient (Wildman–Crippen LogP) is 5.86. The fourth-order valence-electron chi connectivity index (χ4n) is 3.47. The van der Waals surface area contributed by atoms with E-state index >= 15 is 0 Å². The highest BCUT2D eigenvalue weighted by Crippen LogP contribution is 2.38. The Morgan fingerprint density at radius 2 is 1.73 bits per heavy atom. The van der Waals surface area contributed by atoms with Crippen molar-refractivity contribution in [1.29, 1.82) is 0 Å². The predicted molar refractivity (Wildman–Crippen MR) is 91.2 cm³/mol. The lowest BCUT2D eigenvalue weighted by atomic mass is 9.77. The molecule has 0 saturated heterocycles. The van der Waals surface area contributed by atoms with Crippen molar-refractivity contribution >= 4 is 5.97 Å². The Balaban J connectivity index is 1.82. The van der Waals surface area contributed by atoms with Gasteiger partial charge in [0.2, 0.25) is 0 Å². The Hall–Kier alpha value is -1.31. The van der Waals surface area contributed by atoms with Gasteiger partial charge in [-0.1, -0.05) is 45.2 Å². The molecule has 2 heteroatoms. The van der Waals surface area contributed by atoms with Gasteiger partial charge in [0.15, 0.2) is 0 Å². The Morgan fingerprint density at radius 3 is 2.32 bits per heavy atom. The van der Waals surface area contributed by atoms with Crippen LogP contribution in [0.4, 0.5) is 0 Å². The zero-order chi connectivity index (χ0) is 15.8. The van der Waals surface area contributed by atoms with Gasteiger partial charge in [-0.3, -0.25) is 4.79 Å².